The number of amidine groups is 1. The summed E-state index contributed by atoms with van der Waals surface area (Å²) < 4.78 is 5.32. The van der Waals surface area contributed by atoms with Gasteiger partial charge in [0.25, 0.3) is 0 Å². The topological polar surface area (TPSA) is 79.9 Å². The van der Waals surface area contributed by atoms with Gasteiger partial charge >= 0.3 is 0 Å². The average Bonchev–Trinajstić information content (AvgIpc) is 2.38. The van der Waals surface area contributed by atoms with E-state index < -0.39 is 0 Å². The standard InChI is InChI=1S/C13H27N3O2/c1-13(2,12(14)16-17)7-3-4-8-15-11-5-9-18-10-6-11/h11,15,17H,3-10H2,1-2H3,(H2,14,16). The molecular formula is C13H27N3O2. The first-order valence-corrected chi connectivity index (χ1v) is 6.85. The van der Waals surface area contributed by atoms with Crippen LogP contribution in [0.3, 0.4) is 0 Å². The highest BCUT2D eigenvalue weighted by Gasteiger charge is 2.22. The minimum Gasteiger partial charge on any atom is -0.409 e. The second-order valence-corrected chi connectivity index (χ2v) is 5.67. The van der Waals surface area contributed by atoms with Gasteiger partial charge in [-0.3, -0.25) is 0 Å². The molecule has 0 amide bonds. The highest BCUT2D eigenvalue weighted by atomic mass is 16.5. The summed E-state index contributed by atoms with van der Waals surface area (Å²) >= 11 is 0. The van der Waals surface area contributed by atoms with Crippen LogP contribution in [0.15, 0.2) is 5.16 Å². The van der Waals surface area contributed by atoms with Gasteiger partial charge in [0.1, 0.15) is 5.84 Å². The summed E-state index contributed by atoms with van der Waals surface area (Å²) in [5.41, 5.74) is 5.44. The summed E-state index contributed by atoms with van der Waals surface area (Å²) in [5, 5.41) is 15.3. The summed E-state index contributed by atoms with van der Waals surface area (Å²) in [6, 6.07) is 0.621. The van der Waals surface area contributed by atoms with Crippen LogP contribution in [0, 0.1) is 5.41 Å². The van der Waals surface area contributed by atoms with Gasteiger partial charge in [-0.15, -0.1) is 0 Å². The van der Waals surface area contributed by atoms with Crippen molar-refractivity contribution in [3.8, 4) is 0 Å². The van der Waals surface area contributed by atoms with E-state index in [2.05, 4.69) is 10.5 Å². The maximum Gasteiger partial charge on any atom is 0.144 e. The highest BCUT2D eigenvalue weighted by Crippen LogP contribution is 2.23. The Morgan fingerprint density at radius 2 is 2.06 bits per heavy atom. The molecule has 106 valence electrons. The Labute approximate surface area is 110 Å². The molecule has 5 heteroatoms. The third-order valence-corrected chi connectivity index (χ3v) is 3.68. The quantitative estimate of drug-likeness (QED) is 0.213. The zero-order valence-corrected chi connectivity index (χ0v) is 11.6. The van der Waals surface area contributed by atoms with Gasteiger partial charge in [0.15, 0.2) is 0 Å². The molecular weight excluding hydrogens is 230 g/mol. The molecule has 5 nitrogen and oxygen atoms in total. The van der Waals surface area contributed by atoms with Crippen molar-refractivity contribution < 1.29 is 9.94 Å². The van der Waals surface area contributed by atoms with Crippen LogP contribution in [0.4, 0.5) is 0 Å². The van der Waals surface area contributed by atoms with Crippen molar-refractivity contribution in [2.24, 2.45) is 16.3 Å². The molecule has 4 N–H and O–H groups in total. The molecule has 0 spiro atoms. The fourth-order valence-corrected chi connectivity index (χ4v) is 2.16. The van der Waals surface area contributed by atoms with E-state index in [1.54, 1.807) is 0 Å². The molecule has 1 rings (SSSR count). The summed E-state index contributed by atoms with van der Waals surface area (Å²) in [5.74, 6) is 0.319. The molecule has 0 bridgehead atoms. The van der Waals surface area contributed by atoms with Crippen LogP contribution in [-0.2, 0) is 4.74 Å². The Balaban J connectivity index is 2.07. The molecule has 1 saturated heterocycles. The number of ether oxygens (including phenoxy) is 1. The first-order valence-electron chi connectivity index (χ1n) is 6.85. The number of rotatable bonds is 7. The largest absolute Gasteiger partial charge is 0.409 e. The molecule has 0 aromatic carbocycles. The maximum absolute atomic E-state index is 8.68. The van der Waals surface area contributed by atoms with Crippen LogP contribution in [0.1, 0.15) is 46.0 Å². The predicted molar refractivity (Wildman–Crippen MR) is 72.9 cm³/mol. The Hall–Kier alpha value is -0.810. The summed E-state index contributed by atoms with van der Waals surface area (Å²) in [7, 11) is 0. The van der Waals surface area contributed by atoms with E-state index >= 15 is 0 Å². The monoisotopic (exact) mass is 257 g/mol. The molecule has 1 aliphatic rings. The lowest BCUT2D eigenvalue weighted by Gasteiger charge is -2.24. The maximum atomic E-state index is 8.68. The van der Waals surface area contributed by atoms with E-state index in [0.29, 0.717) is 11.9 Å². The fraction of sp³-hybridized carbons (Fsp3) is 0.923. The molecule has 0 aromatic rings. The van der Waals surface area contributed by atoms with Crippen LogP contribution in [-0.4, -0.2) is 36.8 Å². The van der Waals surface area contributed by atoms with E-state index in [1.165, 1.54) is 0 Å². The SMILES string of the molecule is CC(C)(CCCCNC1CCOCC1)C(N)=NO. The van der Waals surface area contributed by atoms with Crippen LogP contribution < -0.4 is 11.1 Å². The third-order valence-electron chi connectivity index (χ3n) is 3.68. The molecule has 18 heavy (non-hydrogen) atoms. The number of nitrogens with two attached hydrogens (primary N) is 1. The fourth-order valence-electron chi connectivity index (χ4n) is 2.16. The number of oxime groups is 1. The average molecular weight is 257 g/mol. The molecule has 0 aromatic heterocycles. The summed E-state index contributed by atoms with van der Waals surface area (Å²) in [6.45, 7) is 6.82. The lowest BCUT2D eigenvalue weighted by atomic mass is 9.86. The van der Waals surface area contributed by atoms with Gasteiger partial charge in [-0.25, -0.2) is 0 Å². The number of hydrogen-bond acceptors (Lipinski definition) is 4. The van der Waals surface area contributed by atoms with Gasteiger partial charge in [-0.05, 0) is 32.2 Å². The second-order valence-electron chi connectivity index (χ2n) is 5.67. The van der Waals surface area contributed by atoms with E-state index in [0.717, 1.165) is 51.9 Å². The Bertz CT molecular complexity index is 261. The number of nitrogens with one attached hydrogen (secondary N) is 1. The van der Waals surface area contributed by atoms with Gasteiger partial charge < -0.3 is 21.0 Å². The molecule has 1 aliphatic heterocycles. The van der Waals surface area contributed by atoms with Crippen molar-refractivity contribution in [1.29, 1.82) is 0 Å². The van der Waals surface area contributed by atoms with E-state index in [-0.39, 0.29) is 5.41 Å². The Kier molecular flexibility index (Phi) is 6.43. The van der Waals surface area contributed by atoms with Crippen LogP contribution in [0.2, 0.25) is 0 Å². The Morgan fingerprint density at radius 1 is 1.39 bits per heavy atom. The zero-order valence-electron chi connectivity index (χ0n) is 11.6. The van der Waals surface area contributed by atoms with Crippen molar-refractivity contribution in [1.82, 2.24) is 5.32 Å². The van der Waals surface area contributed by atoms with Crippen molar-refractivity contribution >= 4 is 5.84 Å². The van der Waals surface area contributed by atoms with Gasteiger partial charge in [-0.1, -0.05) is 25.4 Å². The molecule has 0 atom stereocenters. The van der Waals surface area contributed by atoms with Gasteiger partial charge in [0.05, 0.1) is 0 Å². The highest BCUT2D eigenvalue weighted by molar-refractivity contribution is 5.85. The first-order chi connectivity index (χ1) is 8.56. The zero-order chi connectivity index (χ0) is 13.4. The molecule has 0 radical (unpaired) electrons. The molecule has 1 heterocycles. The molecule has 0 aliphatic carbocycles. The molecule has 0 unspecified atom stereocenters. The van der Waals surface area contributed by atoms with Crippen molar-refractivity contribution in [2.45, 2.75) is 52.0 Å². The second kappa shape index (κ2) is 7.59. The Morgan fingerprint density at radius 3 is 2.67 bits per heavy atom. The number of unbranched alkanes of at least 4 members (excludes halogenated alkanes) is 1. The minimum absolute atomic E-state index is 0.215. The molecule has 0 saturated carbocycles. The van der Waals surface area contributed by atoms with Crippen LogP contribution in [0.25, 0.3) is 0 Å². The van der Waals surface area contributed by atoms with Gasteiger partial charge in [0.2, 0.25) is 0 Å². The summed E-state index contributed by atoms with van der Waals surface area (Å²) in [6.07, 6.45) is 5.39. The van der Waals surface area contributed by atoms with Gasteiger partial charge in [0, 0.05) is 24.7 Å². The molecule has 1 fully saturated rings. The van der Waals surface area contributed by atoms with Crippen LogP contribution in [0.5, 0.6) is 0 Å². The number of nitrogens with zero attached hydrogens (tertiary/aromatic N) is 1. The van der Waals surface area contributed by atoms with Crippen molar-refractivity contribution in [3.63, 3.8) is 0 Å². The lowest BCUT2D eigenvalue weighted by Crippen LogP contribution is -2.35. The third kappa shape index (κ3) is 5.23. The van der Waals surface area contributed by atoms with Crippen LogP contribution >= 0.6 is 0 Å². The van der Waals surface area contributed by atoms with Gasteiger partial charge in [-0.2, -0.15) is 0 Å². The smallest absolute Gasteiger partial charge is 0.144 e. The summed E-state index contributed by atoms with van der Waals surface area (Å²) in [4.78, 5) is 0. The first kappa shape index (κ1) is 15.2. The predicted octanol–water partition coefficient (Wildman–Crippen LogP) is 1.70. The normalized spacial score (nSPS) is 19.1. The van der Waals surface area contributed by atoms with E-state index in [4.69, 9.17) is 15.7 Å². The number of hydrogen-bond donors (Lipinski definition) is 3. The van der Waals surface area contributed by atoms with E-state index in [9.17, 15) is 0 Å². The van der Waals surface area contributed by atoms with Crippen molar-refractivity contribution in [2.75, 3.05) is 19.8 Å². The van der Waals surface area contributed by atoms with Crippen molar-refractivity contribution in [3.05, 3.63) is 0 Å². The van der Waals surface area contributed by atoms with E-state index in [1.807, 2.05) is 13.8 Å². The minimum atomic E-state index is -0.215. The lowest BCUT2D eigenvalue weighted by molar-refractivity contribution is 0.0779.